The zero-order valence-corrected chi connectivity index (χ0v) is 15.0. The Morgan fingerprint density at radius 1 is 1.36 bits per heavy atom. The van der Waals surface area contributed by atoms with Gasteiger partial charge in [0.2, 0.25) is 0 Å². The Hall–Kier alpha value is -2.14. The Morgan fingerprint density at radius 3 is 2.80 bits per heavy atom. The summed E-state index contributed by atoms with van der Waals surface area (Å²) in [5.74, 6) is 0.217. The molecule has 0 bridgehead atoms. The number of hydrogen-bond donors (Lipinski definition) is 2. The van der Waals surface area contributed by atoms with Crippen molar-refractivity contribution < 1.29 is 9.90 Å². The molecular weight excluding hydrogens is 314 g/mol. The van der Waals surface area contributed by atoms with Gasteiger partial charge in [-0.3, -0.25) is 9.78 Å². The number of nitrogens with one attached hydrogen (secondary N) is 1. The molecule has 1 fully saturated rings. The van der Waals surface area contributed by atoms with Crippen LogP contribution in [0.5, 0.6) is 0 Å². The lowest BCUT2D eigenvalue weighted by Gasteiger charge is -2.18. The van der Waals surface area contributed by atoms with Crippen LogP contribution < -0.4 is 5.32 Å². The normalized spacial score (nSPS) is 16.1. The van der Waals surface area contributed by atoms with Gasteiger partial charge >= 0.3 is 0 Å². The number of carbonyl (C=O) groups excluding carboxylic acids is 1. The van der Waals surface area contributed by atoms with Crippen molar-refractivity contribution in [1.29, 1.82) is 0 Å². The summed E-state index contributed by atoms with van der Waals surface area (Å²) in [5, 5.41) is 13.1. The summed E-state index contributed by atoms with van der Waals surface area (Å²) >= 11 is 0. The fourth-order valence-electron chi connectivity index (χ4n) is 3.73. The molecule has 5 nitrogen and oxygen atoms in total. The van der Waals surface area contributed by atoms with Crippen LogP contribution in [0.4, 0.5) is 0 Å². The van der Waals surface area contributed by atoms with Crippen molar-refractivity contribution in [2.75, 3.05) is 6.54 Å². The van der Waals surface area contributed by atoms with Crippen molar-refractivity contribution in [2.24, 2.45) is 5.92 Å². The molecule has 0 spiro atoms. The van der Waals surface area contributed by atoms with Gasteiger partial charge in [-0.25, -0.2) is 0 Å². The zero-order chi connectivity index (χ0) is 17.8. The minimum absolute atomic E-state index is 0.114. The summed E-state index contributed by atoms with van der Waals surface area (Å²) in [4.78, 5) is 16.9. The van der Waals surface area contributed by atoms with Crippen LogP contribution in [0, 0.1) is 19.8 Å². The van der Waals surface area contributed by atoms with Crippen molar-refractivity contribution in [3.05, 3.63) is 53.1 Å². The first-order chi connectivity index (χ1) is 12.1. The van der Waals surface area contributed by atoms with Crippen LogP contribution in [-0.4, -0.2) is 33.2 Å². The number of aryl methyl sites for hydroxylation is 1. The number of aliphatic hydroxyl groups is 1. The van der Waals surface area contributed by atoms with Gasteiger partial charge in [-0.15, -0.1) is 0 Å². The maximum Gasteiger partial charge on any atom is 0.253 e. The number of aromatic nitrogens is 2. The molecule has 1 saturated carbocycles. The first-order valence-corrected chi connectivity index (χ1v) is 9.09. The van der Waals surface area contributed by atoms with E-state index < -0.39 is 6.10 Å². The van der Waals surface area contributed by atoms with Gasteiger partial charge in [0.25, 0.3) is 5.91 Å². The lowest BCUT2D eigenvalue weighted by atomic mass is 10.0. The number of aliphatic hydroxyl groups excluding tert-OH is 1. The second-order valence-corrected chi connectivity index (χ2v) is 7.01. The highest BCUT2D eigenvalue weighted by molar-refractivity contribution is 5.95. The van der Waals surface area contributed by atoms with E-state index in [0.717, 1.165) is 29.9 Å². The third-order valence-electron chi connectivity index (χ3n) is 5.28. The Balaban J connectivity index is 1.65. The third-order valence-corrected chi connectivity index (χ3v) is 5.28. The zero-order valence-electron chi connectivity index (χ0n) is 15.0. The fraction of sp³-hybridized carbons (Fsp3) is 0.500. The van der Waals surface area contributed by atoms with Gasteiger partial charge in [-0.05, 0) is 50.8 Å². The molecule has 1 unspecified atom stereocenters. The van der Waals surface area contributed by atoms with Crippen LogP contribution in [0.3, 0.4) is 0 Å². The Bertz CT molecular complexity index is 718. The summed E-state index contributed by atoms with van der Waals surface area (Å²) in [7, 11) is 0. The van der Waals surface area contributed by atoms with Crippen molar-refractivity contribution in [2.45, 2.75) is 52.2 Å². The molecule has 2 heterocycles. The largest absolute Gasteiger partial charge is 0.391 e. The fourth-order valence-corrected chi connectivity index (χ4v) is 3.73. The van der Waals surface area contributed by atoms with Crippen LogP contribution in [0.1, 0.15) is 53.1 Å². The molecule has 2 aromatic heterocycles. The van der Waals surface area contributed by atoms with E-state index in [1.165, 1.54) is 12.8 Å². The second-order valence-electron chi connectivity index (χ2n) is 7.01. The SMILES string of the molecule is Cc1cc(C(=O)NCC(O)C2CCCC2)c(C)n1Cc1ccccn1. The van der Waals surface area contributed by atoms with Gasteiger partial charge in [0.15, 0.2) is 0 Å². The Morgan fingerprint density at radius 2 is 2.12 bits per heavy atom. The van der Waals surface area contributed by atoms with Crippen molar-refractivity contribution in [3.8, 4) is 0 Å². The number of hydrogen-bond acceptors (Lipinski definition) is 3. The number of carbonyl (C=O) groups is 1. The van der Waals surface area contributed by atoms with E-state index in [9.17, 15) is 9.90 Å². The molecule has 134 valence electrons. The molecule has 3 rings (SSSR count). The number of nitrogens with zero attached hydrogens (tertiary/aromatic N) is 2. The standard InChI is InChI=1S/C20H27N3O2/c1-14-11-18(15(2)23(14)13-17-9-5-6-10-21-17)20(25)22-12-19(24)16-7-3-4-8-16/h5-6,9-11,16,19,24H,3-4,7-8,12-13H2,1-2H3,(H,22,25). The number of rotatable bonds is 6. The molecule has 1 atom stereocenters. The predicted molar refractivity (Wildman–Crippen MR) is 97.5 cm³/mol. The van der Waals surface area contributed by atoms with E-state index in [4.69, 9.17) is 0 Å². The molecule has 1 aliphatic rings. The Labute approximate surface area is 149 Å². The quantitative estimate of drug-likeness (QED) is 0.849. The van der Waals surface area contributed by atoms with Gasteiger partial charge in [-0.1, -0.05) is 18.9 Å². The highest BCUT2D eigenvalue weighted by Gasteiger charge is 2.24. The van der Waals surface area contributed by atoms with Crippen molar-refractivity contribution in [3.63, 3.8) is 0 Å². The highest BCUT2D eigenvalue weighted by Crippen LogP contribution is 2.27. The predicted octanol–water partition coefficient (Wildman–Crippen LogP) is 2.83. The van der Waals surface area contributed by atoms with E-state index in [1.54, 1.807) is 6.20 Å². The summed E-state index contributed by atoms with van der Waals surface area (Å²) in [6.45, 7) is 4.93. The molecule has 1 amide bonds. The molecule has 5 heteroatoms. The third kappa shape index (κ3) is 4.10. The van der Waals surface area contributed by atoms with Crippen molar-refractivity contribution in [1.82, 2.24) is 14.9 Å². The van der Waals surface area contributed by atoms with Crippen LogP contribution in [0.25, 0.3) is 0 Å². The minimum atomic E-state index is -0.441. The van der Waals surface area contributed by atoms with Crippen LogP contribution in [0.2, 0.25) is 0 Å². The van der Waals surface area contributed by atoms with Gasteiger partial charge in [-0.2, -0.15) is 0 Å². The maximum absolute atomic E-state index is 12.6. The molecule has 2 aromatic rings. The van der Waals surface area contributed by atoms with E-state index in [-0.39, 0.29) is 5.91 Å². The molecule has 0 aliphatic heterocycles. The molecule has 1 aliphatic carbocycles. The molecule has 25 heavy (non-hydrogen) atoms. The summed E-state index contributed by atoms with van der Waals surface area (Å²) in [6, 6.07) is 7.76. The van der Waals surface area contributed by atoms with Crippen LogP contribution in [0.15, 0.2) is 30.5 Å². The smallest absolute Gasteiger partial charge is 0.253 e. The lowest BCUT2D eigenvalue weighted by Crippen LogP contribution is -2.35. The molecule has 2 N–H and O–H groups in total. The maximum atomic E-state index is 12.6. The average Bonchev–Trinajstić information content (AvgIpc) is 3.25. The summed E-state index contributed by atoms with van der Waals surface area (Å²) in [6.07, 6.45) is 5.84. The lowest BCUT2D eigenvalue weighted by molar-refractivity contribution is 0.0840. The van der Waals surface area contributed by atoms with Gasteiger partial charge in [0.05, 0.1) is 23.9 Å². The molecule has 0 aromatic carbocycles. The molecular formula is C20H27N3O2. The van der Waals surface area contributed by atoms with E-state index in [0.29, 0.717) is 24.6 Å². The summed E-state index contributed by atoms with van der Waals surface area (Å²) < 4.78 is 2.10. The first kappa shape index (κ1) is 17.7. The van der Waals surface area contributed by atoms with Gasteiger partial charge < -0.3 is 15.0 Å². The average molecular weight is 341 g/mol. The topological polar surface area (TPSA) is 67.2 Å². The van der Waals surface area contributed by atoms with Gasteiger partial charge in [0, 0.05) is 24.1 Å². The minimum Gasteiger partial charge on any atom is -0.391 e. The van der Waals surface area contributed by atoms with Gasteiger partial charge in [0.1, 0.15) is 0 Å². The summed E-state index contributed by atoms with van der Waals surface area (Å²) in [5.41, 5.74) is 3.60. The Kier molecular flexibility index (Phi) is 5.53. The highest BCUT2D eigenvalue weighted by atomic mass is 16.3. The van der Waals surface area contributed by atoms with E-state index >= 15 is 0 Å². The molecule has 0 radical (unpaired) electrons. The van der Waals surface area contributed by atoms with E-state index in [1.807, 2.05) is 38.1 Å². The first-order valence-electron chi connectivity index (χ1n) is 9.09. The molecule has 0 saturated heterocycles. The van der Waals surface area contributed by atoms with Crippen molar-refractivity contribution >= 4 is 5.91 Å². The monoisotopic (exact) mass is 341 g/mol. The van der Waals surface area contributed by atoms with E-state index in [2.05, 4.69) is 14.9 Å². The van der Waals surface area contributed by atoms with Crippen LogP contribution in [-0.2, 0) is 6.54 Å². The number of pyridine rings is 1. The number of amides is 1. The second kappa shape index (κ2) is 7.83. The van der Waals surface area contributed by atoms with Crippen LogP contribution >= 0.6 is 0 Å².